The molecule has 1 aliphatic heterocycles. The van der Waals surface area contributed by atoms with E-state index >= 15 is 0 Å². The number of anilines is 1. The van der Waals surface area contributed by atoms with Gasteiger partial charge in [-0.3, -0.25) is 0 Å². The number of rotatable bonds is 3. The molecule has 3 rings (SSSR count). The molecule has 19 heavy (non-hydrogen) atoms. The molecule has 0 spiro atoms. The van der Waals surface area contributed by atoms with E-state index in [1.165, 1.54) is 44.2 Å². The molecule has 0 aromatic carbocycles. The predicted octanol–water partition coefficient (Wildman–Crippen LogP) is 2.32. The number of nitrogens with one attached hydrogen (secondary N) is 1. The molecule has 2 heterocycles. The lowest BCUT2D eigenvalue weighted by Crippen LogP contribution is -2.44. The first-order chi connectivity index (χ1) is 9.36. The minimum absolute atomic E-state index is 0.588. The first-order valence-electron chi connectivity index (χ1n) is 7.62. The van der Waals surface area contributed by atoms with E-state index in [4.69, 9.17) is 0 Å². The van der Waals surface area contributed by atoms with Crippen molar-refractivity contribution in [3.63, 3.8) is 0 Å². The van der Waals surface area contributed by atoms with Gasteiger partial charge < -0.3 is 10.2 Å². The van der Waals surface area contributed by atoms with Gasteiger partial charge >= 0.3 is 0 Å². The average molecular weight is 260 g/mol. The number of piperidine rings is 1. The fraction of sp³-hybridized carbons (Fsp3) is 0.733. The Kier molecular flexibility index (Phi) is 3.97. The molecule has 0 radical (unpaired) electrons. The van der Waals surface area contributed by atoms with E-state index in [1.807, 2.05) is 7.05 Å². The monoisotopic (exact) mass is 260 g/mol. The quantitative estimate of drug-likeness (QED) is 0.905. The predicted molar refractivity (Wildman–Crippen MR) is 77.5 cm³/mol. The second-order valence-electron chi connectivity index (χ2n) is 5.87. The van der Waals surface area contributed by atoms with E-state index in [2.05, 4.69) is 32.5 Å². The Bertz CT molecular complexity index is 397. The van der Waals surface area contributed by atoms with E-state index in [0.717, 1.165) is 18.9 Å². The topological polar surface area (TPSA) is 41.0 Å². The Balaban J connectivity index is 1.67. The van der Waals surface area contributed by atoms with Crippen molar-refractivity contribution in [2.75, 3.05) is 25.0 Å². The van der Waals surface area contributed by atoms with Crippen molar-refractivity contribution < 1.29 is 0 Å². The van der Waals surface area contributed by atoms with Crippen LogP contribution in [-0.4, -0.2) is 36.4 Å². The fourth-order valence-electron chi connectivity index (χ4n) is 3.36. The standard InChI is InChI=1S/C15H24N4/c1-16-13-7-4-10-19(11-13)15-9-8-14(17-18-15)12-5-2-3-6-12/h8-9,12-13,16H,2-7,10-11H2,1H3. The number of hydrogen-bond donors (Lipinski definition) is 1. The van der Waals surface area contributed by atoms with Crippen molar-refractivity contribution in [3.05, 3.63) is 17.8 Å². The lowest BCUT2D eigenvalue weighted by atomic mass is 10.0. The highest BCUT2D eigenvalue weighted by Crippen LogP contribution is 2.33. The third-order valence-electron chi connectivity index (χ3n) is 4.60. The molecular formula is C15H24N4. The zero-order valence-electron chi connectivity index (χ0n) is 11.8. The maximum atomic E-state index is 4.47. The molecule has 2 fully saturated rings. The van der Waals surface area contributed by atoms with Crippen molar-refractivity contribution in [3.8, 4) is 0 Å². The van der Waals surface area contributed by atoms with Gasteiger partial charge in [0.1, 0.15) is 0 Å². The maximum absolute atomic E-state index is 4.47. The number of likely N-dealkylation sites (N-methyl/N-ethyl adjacent to an activating group) is 1. The van der Waals surface area contributed by atoms with Crippen LogP contribution >= 0.6 is 0 Å². The molecule has 1 saturated carbocycles. The minimum atomic E-state index is 0.588. The van der Waals surface area contributed by atoms with Crippen LogP contribution in [0.25, 0.3) is 0 Å². The lowest BCUT2D eigenvalue weighted by molar-refractivity contribution is 0.446. The van der Waals surface area contributed by atoms with Crippen LogP contribution in [0.2, 0.25) is 0 Å². The lowest BCUT2D eigenvalue weighted by Gasteiger charge is -2.33. The molecule has 0 bridgehead atoms. The van der Waals surface area contributed by atoms with Crippen LogP contribution in [0.4, 0.5) is 5.82 Å². The minimum Gasteiger partial charge on any atom is -0.354 e. The summed E-state index contributed by atoms with van der Waals surface area (Å²) in [5.41, 5.74) is 1.20. The zero-order valence-corrected chi connectivity index (χ0v) is 11.8. The van der Waals surface area contributed by atoms with Gasteiger partial charge in [-0.25, -0.2) is 0 Å². The summed E-state index contributed by atoms with van der Waals surface area (Å²) < 4.78 is 0. The highest BCUT2D eigenvalue weighted by Gasteiger charge is 2.21. The molecule has 1 atom stereocenters. The highest BCUT2D eigenvalue weighted by molar-refractivity contribution is 5.38. The zero-order chi connectivity index (χ0) is 13.1. The molecular weight excluding hydrogens is 236 g/mol. The third kappa shape index (κ3) is 2.89. The Hall–Kier alpha value is -1.16. The second kappa shape index (κ2) is 5.87. The van der Waals surface area contributed by atoms with Crippen molar-refractivity contribution in [1.82, 2.24) is 15.5 Å². The first kappa shape index (κ1) is 12.9. The maximum Gasteiger partial charge on any atom is 0.151 e. The summed E-state index contributed by atoms with van der Waals surface area (Å²) in [7, 11) is 2.04. The van der Waals surface area contributed by atoms with Gasteiger partial charge in [-0.2, -0.15) is 5.10 Å². The van der Waals surface area contributed by atoms with Crippen LogP contribution in [0, 0.1) is 0 Å². The van der Waals surface area contributed by atoms with Crippen LogP contribution in [0.15, 0.2) is 12.1 Å². The van der Waals surface area contributed by atoms with Gasteiger partial charge in [-0.1, -0.05) is 12.8 Å². The van der Waals surface area contributed by atoms with Gasteiger partial charge in [0.15, 0.2) is 5.82 Å². The van der Waals surface area contributed by atoms with Gasteiger partial charge in [-0.05, 0) is 44.9 Å². The van der Waals surface area contributed by atoms with Crippen LogP contribution in [-0.2, 0) is 0 Å². The Morgan fingerprint density at radius 1 is 1.11 bits per heavy atom. The van der Waals surface area contributed by atoms with Crippen LogP contribution < -0.4 is 10.2 Å². The summed E-state index contributed by atoms with van der Waals surface area (Å²) in [6.45, 7) is 2.16. The largest absolute Gasteiger partial charge is 0.354 e. The molecule has 4 heteroatoms. The van der Waals surface area contributed by atoms with Crippen molar-refractivity contribution in [2.45, 2.75) is 50.5 Å². The Morgan fingerprint density at radius 3 is 2.63 bits per heavy atom. The van der Waals surface area contributed by atoms with Crippen LogP contribution in [0.1, 0.15) is 50.1 Å². The smallest absolute Gasteiger partial charge is 0.151 e. The molecule has 1 aromatic rings. The summed E-state index contributed by atoms with van der Waals surface area (Å²) in [4.78, 5) is 2.36. The summed E-state index contributed by atoms with van der Waals surface area (Å²) in [6.07, 6.45) is 7.78. The summed E-state index contributed by atoms with van der Waals surface area (Å²) in [5.74, 6) is 1.70. The Morgan fingerprint density at radius 2 is 1.95 bits per heavy atom. The van der Waals surface area contributed by atoms with Crippen molar-refractivity contribution >= 4 is 5.82 Å². The molecule has 1 saturated heterocycles. The Labute approximate surface area is 115 Å². The molecule has 4 nitrogen and oxygen atoms in total. The van der Waals surface area contributed by atoms with Gasteiger partial charge in [0.05, 0.1) is 5.69 Å². The molecule has 104 valence electrons. The molecule has 1 aromatic heterocycles. The van der Waals surface area contributed by atoms with Gasteiger partial charge in [0.2, 0.25) is 0 Å². The van der Waals surface area contributed by atoms with Crippen molar-refractivity contribution in [1.29, 1.82) is 0 Å². The van der Waals surface area contributed by atoms with Gasteiger partial charge in [0.25, 0.3) is 0 Å². The van der Waals surface area contributed by atoms with Gasteiger partial charge in [-0.15, -0.1) is 5.10 Å². The SMILES string of the molecule is CNC1CCCN(c2ccc(C3CCCC3)nn2)C1. The molecule has 1 N–H and O–H groups in total. The number of hydrogen-bond acceptors (Lipinski definition) is 4. The molecule has 2 aliphatic rings. The number of aromatic nitrogens is 2. The van der Waals surface area contributed by atoms with E-state index in [1.54, 1.807) is 0 Å². The van der Waals surface area contributed by atoms with Gasteiger partial charge in [0, 0.05) is 25.0 Å². The van der Waals surface area contributed by atoms with E-state index in [0.29, 0.717) is 12.0 Å². The fourth-order valence-corrected chi connectivity index (χ4v) is 3.36. The van der Waals surface area contributed by atoms with Crippen molar-refractivity contribution in [2.24, 2.45) is 0 Å². The number of nitrogens with zero attached hydrogens (tertiary/aromatic N) is 3. The molecule has 1 aliphatic carbocycles. The van der Waals surface area contributed by atoms with Crippen LogP contribution in [0.3, 0.4) is 0 Å². The van der Waals surface area contributed by atoms with Crippen LogP contribution in [0.5, 0.6) is 0 Å². The third-order valence-corrected chi connectivity index (χ3v) is 4.60. The molecule has 1 unspecified atom stereocenters. The second-order valence-corrected chi connectivity index (χ2v) is 5.87. The summed E-state index contributed by atoms with van der Waals surface area (Å²) >= 11 is 0. The highest BCUT2D eigenvalue weighted by atomic mass is 15.3. The summed E-state index contributed by atoms with van der Waals surface area (Å²) in [6, 6.07) is 4.95. The molecule has 0 amide bonds. The average Bonchev–Trinajstić information content (AvgIpc) is 3.02. The summed E-state index contributed by atoms with van der Waals surface area (Å²) in [5, 5.41) is 12.3. The van der Waals surface area contributed by atoms with E-state index in [-0.39, 0.29) is 0 Å². The normalized spacial score (nSPS) is 24.9. The van der Waals surface area contributed by atoms with E-state index in [9.17, 15) is 0 Å². The van der Waals surface area contributed by atoms with E-state index < -0.39 is 0 Å². The first-order valence-corrected chi connectivity index (χ1v) is 7.62.